The number of benzene rings is 1. The summed E-state index contributed by atoms with van der Waals surface area (Å²) in [6, 6.07) is 5.72. The van der Waals surface area contributed by atoms with Gasteiger partial charge < -0.3 is 19.9 Å². The molecule has 1 aromatic carbocycles. The zero-order chi connectivity index (χ0) is 20.7. The van der Waals surface area contributed by atoms with E-state index in [4.69, 9.17) is 0 Å². The minimum Gasteiger partial charge on any atom is -0.368 e. The van der Waals surface area contributed by atoms with E-state index in [1.807, 2.05) is 42.6 Å². The molecular formula is C21H22N8O. The number of hydrogen-bond acceptors (Lipinski definition) is 7. The van der Waals surface area contributed by atoms with Crippen LogP contribution in [0.5, 0.6) is 0 Å². The van der Waals surface area contributed by atoms with E-state index in [2.05, 4.69) is 35.7 Å². The van der Waals surface area contributed by atoms with E-state index in [1.54, 1.807) is 12.4 Å². The van der Waals surface area contributed by atoms with Gasteiger partial charge in [0, 0.05) is 43.4 Å². The number of hydrogen-bond donors (Lipinski definition) is 2. The topological polar surface area (TPSA) is 100 Å². The highest BCUT2D eigenvalue weighted by Crippen LogP contribution is 2.28. The Morgan fingerprint density at radius 3 is 2.77 bits per heavy atom. The SMILES string of the molecule is Cc1cn2cc(NC(=O)c3ccc(N4CCNCC4)c4ccnnc34)nc2c(C)n1. The predicted octanol–water partition coefficient (Wildman–Crippen LogP) is 1.95. The monoisotopic (exact) mass is 402 g/mol. The number of nitrogens with one attached hydrogen (secondary N) is 2. The number of carbonyl (C=O) groups excluding carboxylic acids is 1. The first-order valence-electron chi connectivity index (χ1n) is 9.94. The first-order chi connectivity index (χ1) is 14.6. The molecule has 9 nitrogen and oxygen atoms in total. The third-order valence-electron chi connectivity index (χ3n) is 5.33. The number of fused-ring (bicyclic) bond motifs is 2. The van der Waals surface area contributed by atoms with Gasteiger partial charge in [-0.15, -0.1) is 5.10 Å². The normalized spacial score (nSPS) is 14.4. The molecule has 0 unspecified atom stereocenters. The Morgan fingerprint density at radius 2 is 1.93 bits per heavy atom. The highest BCUT2D eigenvalue weighted by atomic mass is 16.1. The number of piperazine rings is 1. The van der Waals surface area contributed by atoms with Crippen molar-refractivity contribution in [2.45, 2.75) is 13.8 Å². The van der Waals surface area contributed by atoms with Crippen LogP contribution in [-0.4, -0.2) is 56.7 Å². The zero-order valence-corrected chi connectivity index (χ0v) is 16.9. The fraction of sp³-hybridized carbons (Fsp3) is 0.286. The molecule has 2 N–H and O–H groups in total. The molecule has 1 saturated heterocycles. The van der Waals surface area contributed by atoms with E-state index < -0.39 is 0 Å². The van der Waals surface area contributed by atoms with E-state index in [9.17, 15) is 4.79 Å². The van der Waals surface area contributed by atoms with Crippen molar-refractivity contribution in [2.75, 3.05) is 36.4 Å². The molecule has 3 aromatic heterocycles. The smallest absolute Gasteiger partial charge is 0.259 e. The number of anilines is 2. The molecule has 152 valence electrons. The van der Waals surface area contributed by atoms with Crippen LogP contribution in [-0.2, 0) is 0 Å². The second-order valence-electron chi connectivity index (χ2n) is 7.44. The summed E-state index contributed by atoms with van der Waals surface area (Å²) in [5, 5.41) is 15.5. The summed E-state index contributed by atoms with van der Waals surface area (Å²) in [5.41, 5.74) is 4.55. The van der Waals surface area contributed by atoms with Crippen LogP contribution in [0.3, 0.4) is 0 Å². The summed E-state index contributed by atoms with van der Waals surface area (Å²) in [7, 11) is 0. The van der Waals surface area contributed by atoms with Crippen molar-refractivity contribution < 1.29 is 4.79 Å². The molecule has 1 aliphatic rings. The molecular weight excluding hydrogens is 380 g/mol. The average molecular weight is 402 g/mol. The van der Waals surface area contributed by atoms with Crippen LogP contribution in [0, 0.1) is 13.8 Å². The van der Waals surface area contributed by atoms with Gasteiger partial charge in [0.25, 0.3) is 5.91 Å². The lowest BCUT2D eigenvalue weighted by Gasteiger charge is -2.30. The summed E-state index contributed by atoms with van der Waals surface area (Å²) in [4.78, 5) is 24.3. The molecule has 1 fully saturated rings. The van der Waals surface area contributed by atoms with Crippen LogP contribution < -0.4 is 15.5 Å². The van der Waals surface area contributed by atoms with Crippen molar-refractivity contribution in [3.63, 3.8) is 0 Å². The maximum Gasteiger partial charge on any atom is 0.259 e. The Balaban J connectivity index is 1.50. The number of amides is 1. The zero-order valence-electron chi connectivity index (χ0n) is 16.9. The fourth-order valence-electron chi connectivity index (χ4n) is 3.98. The first kappa shape index (κ1) is 18.4. The van der Waals surface area contributed by atoms with Crippen LogP contribution in [0.2, 0.25) is 0 Å². The Kier molecular flexibility index (Phi) is 4.51. The minimum absolute atomic E-state index is 0.266. The van der Waals surface area contributed by atoms with E-state index in [1.165, 1.54) is 0 Å². The lowest BCUT2D eigenvalue weighted by molar-refractivity contribution is 0.102. The first-order valence-corrected chi connectivity index (χ1v) is 9.94. The number of aromatic nitrogens is 5. The quantitative estimate of drug-likeness (QED) is 0.540. The molecule has 0 bridgehead atoms. The molecule has 30 heavy (non-hydrogen) atoms. The van der Waals surface area contributed by atoms with Gasteiger partial charge in [-0.2, -0.15) is 5.10 Å². The van der Waals surface area contributed by atoms with Crippen LogP contribution in [0.1, 0.15) is 21.7 Å². The van der Waals surface area contributed by atoms with Gasteiger partial charge in [0.05, 0.1) is 29.3 Å². The lowest BCUT2D eigenvalue weighted by Crippen LogP contribution is -2.43. The summed E-state index contributed by atoms with van der Waals surface area (Å²) in [5.74, 6) is 0.205. The summed E-state index contributed by atoms with van der Waals surface area (Å²) >= 11 is 0. The standard InChI is InChI=1S/C21H22N8O/c1-13-11-29-12-18(25-20(29)14(2)24-13)26-21(30)16-3-4-17(28-9-7-22-8-10-28)15-5-6-23-27-19(15)16/h3-6,11-12,22H,7-10H2,1-2H3,(H,26,30). The maximum absolute atomic E-state index is 13.1. The highest BCUT2D eigenvalue weighted by Gasteiger charge is 2.19. The molecule has 0 saturated carbocycles. The molecule has 4 aromatic rings. The van der Waals surface area contributed by atoms with Crippen molar-refractivity contribution >= 4 is 34.0 Å². The molecule has 1 aliphatic heterocycles. The Hall–Kier alpha value is -3.59. The third kappa shape index (κ3) is 3.22. The largest absolute Gasteiger partial charge is 0.368 e. The second kappa shape index (κ2) is 7.34. The van der Waals surface area contributed by atoms with Gasteiger partial charge in [0.15, 0.2) is 11.5 Å². The summed E-state index contributed by atoms with van der Waals surface area (Å²) < 4.78 is 1.87. The van der Waals surface area contributed by atoms with Crippen LogP contribution in [0.15, 0.2) is 36.8 Å². The van der Waals surface area contributed by atoms with Crippen molar-refractivity contribution in [1.29, 1.82) is 0 Å². The molecule has 0 aliphatic carbocycles. The summed E-state index contributed by atoms with van der Waals surface area (Å²) in [6.45, 7) is 7.52. The Labute approximate surface area is 173 Å². The molecule has 4 heterocycles. The van der Waals surface area contributed by atoms with Gasteiger partial charge in [0.1, 0.15) is 5.52 Å². The average Bonchev–Trinajstić information content (AvgIpc) is 3.16. The maximum atomic E-state index is 13.1. The number of imidazole rings is 1. The third-order valence-corrected chi connectivity index (χ3v) is 5.33. The molecule has 9 heteroatoms. The van der Waals surface area contributed by atoms with Gasteiger partial charge >= 0.3 is 0 Å². The van der Waals surface area contributed by atoms with Crippen molar-refractivity contribution in [2.24, 2.45) is 0 Å². The molecule has 0 spiro atoms. The van der Waals surface area contributed by atoms with Gasteiger partial charge in [-0.05, 0) is 32.0 Å². The highest BCUT2D eigenvalue weighted by molar-refractivity contribution is 6.13. The molecule has 0 atom stereocenters. The Bertz CT molecular complexity index is 1260. The predicted molar refractivity (Wildman–Crippen MR) is 115 cm³/mol. The van der Waals surface area contributed by atoms with Crippen LogP contribution >= 0.6 is 0 Å². The van der Waals surface area contributed by atoms with Crippen LogP contribution in [0.4, 0.5) is 11.5 Å². The van der Waals surface area contributed by atoms with Gasteiger partial charge in [-0.25, -0.2) is 4.98 Å². The second-order valence-corrected chi connectivity index (χ2v) is 7.44. The fourth-order valence-corrected chi connectivity index (χ4v) is 3.98. The summed E-state index contributed by atoms with van der Waals surface area (Å²) in [6.07, 6.45) is 5.34. The Morgan fingerprint density at radius 1 is 1.10 bits per heavy atom. The van der Waals surface area contributed by atoms with E-state index >= 15 is 0 Å². The van der Waals surface area contributed by atoms with Crippen molar-refractivity contribution in [1.82, 2.24) is 29.9 Å². The number of rotatable bonds is 3. The van der Waals surface area contributed by atoms with Crippen molar-refractivity contribution in [3.8, 4) is 0 Å². The number of nitrogens with zero attached hydrogens (tertiary/aromatic N) is 6. The number of aryl methyl sites for hydroxylation is 2. The van der Waals surface area contributed by atoms with Crippen molar-refractivity contribution in [3.05, 3.63) is 53.7 Å². The molecule has 0 radical (unpaired) electrons. The van der Waals surface area contributed by atoms with E-state index in [0.29, 0.717) is 16.9 Å². The number of carbonyl (C=O) groups is 1. The lowest BCUT2D eigenvalue weighted by atomic mass is 10.1. The van der Waals surface area contributed by atoms with Crippen LogP contribution in [0.25, 0.3) is 16.6 Å². The van der Waals surface area contributed by atoms with Gasteiger partial charge in [0.2, 0.25) is 0 Å². The molecule has 5 rings (SSSR count). The van der Waals surface area contributed by atoms with E-state index in [-0.39, 0.29) is 5.91 Å². The van der Waals surface area contributed by atoms with Gasteiger partial charge in [-0.3, -0.25) is 9.78 Å². The minimum atomic E-state index is -0.266. The van der Waals surface area contributed by atoms with E-state index in [0.717, 1.165) is 54.3 Å². The molecule has 1 amide bonds. The van der Waals surface area contributed by atoms with Gasteiger partial charge in [-0.1, -0.05) is 0 Å².